The van der Waals surface area contributed by atoms with Crippen LogP contribution in [0, 0.1) is 0 Å². The van der Waals surface area contributed by atoms with Crippen molar-refractivity contribution in [1.82, 2.24) is 5.32 Å². The normalized spacial score (nSPS) is 12.4. The van der Waals surface area contributed by atoms with Gasteiger partial charge in [-0.2, -0.15) is 0 Å². The summed E-state index contributed by atoms with van der Waals surface area (Å²) in [6, 6.07) is -0.536. The lowest BCUT2D eigenvalue weighted by atomic mass is 10.0. The molecule has 2 atom stereocenters. The molecule has 0 saturated carbocycles. The van der Waals surface area contributed by atoms with Gasteiger partial charge in [0.05, 0.1) is 25.4 Å². The summed E-state index contributed by atoms with van der Waals surface area (Å²) in [5.74, 6) is -0.00139. The Morgan fingerprint density at radius 1 is 0.304 bits per heavy atom. The van der Waals surface area contributed by atoms with E-state index in [1.165, 1.54) is 360 Å². The molecule has 0 heterocycles. The summed E-state index contributed by atoms with van der Waals surface area (Å²) in [4.78, 5) is 24.6. The molecular weight excluding hydrogens is 971 g/mol. The first kappa shape index (κ1) is 77.9. The van der Waals surface area contributed by atoms with Gasteiger partial charge in [0.2, 0.25) is 5.91 Å². The second kappa shape index (κ2) is 69.4. The maximum Gasteiger partial charge on any atom is 0.305 e. The highest BCUT2D eigenvalue weighted by atomic mass is 16.5. The summed E-state index contributed by atoms with van der Waals surface area (Å²) in [6.45, 7) is 5.00. The quantitative estimate of drug-likeness (QED) is 0.0417. The van der Waals surface area contributed by atoms with Crippen molar-refractivity contribution in [3.8, 4) is 0 Å². The lowest BCUT2D eigenvalue weighted by molar-refractivity contribution is -0.143. The van der Waals surface area contributed by atoms with Crippen molar-refractivity contribution in [2.45, 2.75) is 443 Å². The Kier molecular flexibility index (Phi) is 68.4. The van der Waals surface area contributed by atoms with E-state index in [2.05, 4.69) is 19.2 Å². The number of carbonyl (C=O) groups is 2. The van der Waals surface area contributed by atoms with E-state index in [4.69, 9.17) is 4.74 Å². The number of hydrogen-bond donors (Lipinski definition) is 3. The van der Waals surface area contributed by atoms with Crippen molar-refractivity contribution >= 4 is 11.9 Å². The fraction of sp³-hybridized carbons (Fsp3) is 0.973. The van der Waals surface area contributed by atoms with E-state index in [1.807, 2.05) is 0 Å². The minimum atomic E-state index is -0.660. The number of hydrogen-bond acceptors (Lipinski definition) is 5. The molecule has 0 radical (unpaired) electrons. The van der Waals surface area contributed by atoms with Crippen LogP contribution in [0.5, 0.6) is 0 Å². The molecule has 1 amide bonds. The largest absolute Gasteiger partial charge is 0.466 e. The Morgan fingerprint density at radius 2 is 0.519 bits per heavy atom. The molecular formula is C73H145NO5. The number of unbranched alkanes of at least 4 members (excludes halogenated alkanes) is 59. The van der Waals surface area contributed by atoms with Crippen molar-refractivity contribution in [2.75, 3.05) is 13.2 Å². The van der Waals surface area contributed by atoms with Gasteiger partial charge in [0.1, 0.15) is 0 Å². The van der Waals surface area contributed by atoms with Crippen LogP contribution in [0.4, 0.5) is 0 Å². The van der Waals surface area contributed by atoms with Crippen LogP contribution in [-0.2, 0) is 14.3 Å². The lowest BCUT2D eigenvalue weighted by Crippen LogP contribution is -2.45. The molecule has 0 aliphatic carbocycles. The number of esters is 1. The average molecular weight is 1120 g/mol. The maximum atomic E-state index is 12.5. The first-order valence-electron chi connectivity index (χ1n) is 36.8. The molecule has 3 N–H and O–H groups in total. The molecule has 2 unspecified atom stereocenters. The van der Waals surface area contributed by atoms with Crippen LogP contribution in [0.3, 0.4) is 0 Å². The van der Waals surface area contributed by atoms with Crippen LogP contribution in [0.2, 0.25) is 0 Å². The number of rotatable bonds is 70. The second-order valence-corrected chi connectivity index (χ2v) is 25.6. The van der Waals surface area contributed by atoms with Gasteiger partial charge in [-0.05, 0) is 25.7 Å². The molecule has 6 heteroatoms. The minimum Gasteiger partial charge on any atom is -0.466 e. The van der Waals surface area contributed by atoms with E-state index >= 15 is 0 Å². The maximum absolute atomic E-state index is 12.5. The third kappa shape index (κ3) is 65.9. The van der Waals surface area contributed by atoms with E-state index in [0.717, 1.165) is 38.5 Å². The molecule has 472 valence electrons. The van der Waals surface area contributed by atoms with Crippen molar-refractivity contribution in [1.29, 1.82) is 0 Å². The summed E-state index contributed by atoms with van der Waals surface area (Å²) in [7, 11) is 0. The van der Waals surface area contributed by atoms with Crippen LogP contribution in [0.1, 0.15) is 431 Å². The summed E-state index contributed by atoms with van der Waals surface area (Å²) in [5, 5.41) is 23.4. The predicted octanol–water partition coefficient (Wildman–Crippen LogP) is 23.8. The monoisotopic (exact) mass is 1120 g/mol. The zero-order valence-electron chi connectivity index (χ0n) is 54.2. The van der Waals surface area contributed by atoms with Gasteiger partial charge < -0.3 is 20.3 Å². The highest BCUT2D eigenvalue weighted by Crippen LogP contribution is 2.20. The van der Waals surface area contributed by atoms with E-state index < -0.39 is 12.1 Å². The predicted molar refractivity (Wildman–Crippen MR) is 347 cm³/mol. The third-order valence-corrected chi connectivity index (χ3v) is 17.7. The molecule has 0 aromatic heterocycles. The number of amides is 1. The molecule has 0 bridgehead atoms. The standard InChI is InChI=1S/C73H145NO5/c1-3-5-7-9-11-13-15-17-18-38-42-45-49-53-57-61-65-71(76)70(69-75)74-72(77)66-62-58-54-50-46-43-39-36-34-32-30-28-26-24-22-20-19-21-23-25-27-29-31-33-35-37-40-44-48-52-56-60-64-68-79-73(78)67-63-59-55-51-47-41-16-14-12-10-8-6-4-2/h70-71,75-76H,3-69H2,1-2H3,(H,74,77). The fourth-order valence-corrected chi connectivity index (χ4v) is 12.1. The zero-order valence-corrected chi connectivity index (χ0v) is 54.2. The third-order valence-electron chi connectivity index (χ3n) is 17.7. The number of carbonyl (C=O) groups excluding carboxylic acids is 2. The second-order valence-electron chi connectivity index (χ2n) is 25.6. The van der Waals surface area contributed by atoms with Crippen molar-refractivity contribution in [2.24, 2.45) is 0 Å². The Balaban J connectivity index is 3.30. The summed E-state index contributed by atoms with van der Waals surface area (Å²) >= 11 is 0. The Bertz CT molecular complexity index is 1150. The van der Waals surface area contributed by atoms with Crippen LogP contribution in [0.25, 0.3) is 0 Å². The van der Waals surface area contributed by atoms with Gasteiger partial charge in [0, 0.05) is 12.8 Å². The molecule has 0 saturated heterocycles. The molecule has 0 rings (SSSR count). The molecule has 79 heavy (non-hydrogen) atoms. The van der Waals surface area contributed by atoms with Crippen molar-refractivity contribution in [3.05, 3.63) is 0 Å². The highest BCUT2D eigenvalue weighted by molar-refractivity contribution is 5.76. The summed E-state index contributed by atoms with van der Waals surface area (Å²) in [6.07, 6.45) is 84.6. The SMILES string of the molecule is CCCCCCCCCCCCCCCCCCC(O)C(CO)NC(=O)CCCCCCCCCCCCCCCCCCCCCCCCCCCCCCCCCCCOC(=O)CCCCCCCCCCCCCCC. The number of ether oxygens (including phenoxy) is 1. The smallest absolute Gasteiger partial charge is 0.305 e. The van der Waals surface area contributed by atoms with E-state index in [-0.39, 0.29) is 18.5 Å². The van der Waals surface area contributed by atoms with Crippen molar-refractivity contribution < 1.29 is 24.5 Å². The minimum absolute atomic E-state index is 0.0244. The number of nitrogens with one attached hydrogen (secondary N) is 1. The molecule has 0 aliphatic heterocycles. The number of aliphatic hydroxyl groups excluding tert-OH is 2. The van der Waals surface area contributed by atoms with E-state index in [0.29, 0.717) is 25.9 Å². The van der Waals surface area contributed by atoms with Crippen molar-refractivity contribution in [3.63, 3.8) is 0 Å². The Hall–Kier alpha value is -1.14. The first-order chi connectivity index (χ1) is 39.0. The van der Waals surface area contributed by atoms with Crippen LogP contribution in [0.15, 0.2) is 0 Å². The van der Waals surface area contributed by atoms with Gasteiger partial charge in [-0.15, -0.1) is 0 Å². The molecule has 0 fully saturated rings. The van der Waals surface area contributed by atoms with E-state index in [9.17, 15) is 19.8 Å². The highest BCUT2D eigenvalue weighted by Gasteiger charge is 2.20. The molecule has 0 aromatic rings. The van der Waals surface area contributed by atoms with Gasteiger partial charge in [-0.25, -0.2) is 0 Å². The number of aliphatic hydroxyl groups is 2. The molecule has 0 aromatic carbocycles. The van der Waals surface area contributed by atoms with Crippen LogP contribution >= 0.6 is 0 Å². The molecule has 0 aliphatic rings. The van der Waals surface area contributed by atoms with Gasteiger partial charge in [0.15, 0.2) is 0 Å². The Labute approximate surface area is 496 Å². The Morgan fingerprint density at radius 3 is 0.772 bits per heavy atom. The van der Waals surface area contributed by atoms with Gasteiger partial charge in [0.25, 0.3) is 0 Å². The zero-order chi connectivity index (χ0) is 57.1. The van der Waals surface area contributed by atoms with Gasteiger partial charge >= 0.3 is 5.97 Å². The van der Waals surface area contributed by atoms with E-state index in [1.54, 1.807) is 0 Å². The lowest BCUT2D eigenvalue weighted by Gasteiger charge is -2.22. The summed E-state index contributed by atoms with van der Waals surface area (Å²) < 4.78 is 5.49. The topological polar surface area (TPSA) is 95.9 Å². The van der Waals surface area contributed by atoms with Crippen LogP contribution in [-0.4, -0.2) is 47.4 Å². The summed E-state index contributed by atoms with van der Waals surface area (Å²) in [5.41, 5.74) is 0. The molecule has 6 nitrogen and oxygen atoms in total. The fourth-order valence-electron chi connectivity index (χ4n) is 12.1. The average Bonchev–Trinajstić information content (AvgIpc) is 3.45. The first-order valence-corrected chi connectivity index (χ1v) is 36.8. The van der Waals surface area contributed by atoms with Gasteiger partial charge in [-0.1, -0.05) is 393 Å². The van der Waals surface area contributed by atoms with Crippen LogP contribution < -0.4 is 5.32 Å². The van der Waals surface area contributed by atoms with Gasteiger partial charge in [-0.3, -0.25) is 9.59 Å². The molecule has 0 spiro atoms.